The number of carbonyl (C=O) groups is 1. The number of nitrogens with one attached hydrogen (secondary N) is 1. The number of carbonyl (C=O) groups excluding carboxylic acids is 1. The smallest absolute Gasteiger partial charge is 0.237 e. The van der Waals surface area contributed by atoms with Gasteiger partial charge in [0.2, 0.25) is 5.91 Å². The molecule has 0 unspecified atom stereocenters. The number of amides is 1. The Morgan fingerprint density at radius 1 is 1.33 bits per heavy atom. The van der Waals surface area contributed by atoms with E-state index in [0.717, 1.165) is 0 Å². The minimum atomic E-state index is -0.532. The van der Waals surface area contributed by atoms with Crippen LogP contribution in [0, 0.1) is 5.41 Å². The molecule has 0 rings (SSSR count). The van der Waals surface area contributed by atoms with Gasteiger partial charge in [-0.3, -0.25) is 4.79 Å². The van der Waals surface area contributed by atoms with Crippen LogP contribution in [0.3, 0.4) is 0 Å². The summed E-state index contributed by atoms with van der Waals surface area (Å²) in [6.45, 7) is 9.58. The van der Waals surface area contributed by atoms with Crippen LogP contribution >= 0.6 is 0 Å². The molecule has 1 amide bonds. The first-order chi connectivity index (χ1) is 6.60. The summed E-state index contributed by atoms with van der Waals surface area (Å²) in [7, 11) is 0. The minimum Gasteiger partial charge on any atom is -0.396 e. The predicted octanol–water partition coefficient (Wildman–Crippen LogP) is 0.637. The molecule has 0 aliphatic carbocycles. The zero-order valence-electron chi connectivity index (χ0n) is 10.4. The number of hydrogen-bond donors (Lipinski definition) is 3. The van der Waals surface area contributed by atoms with Crippen molar-refractivity contribution in [3.63, 3.8) is 0 Å². The second kappa shape index (κ2) is 4.94. The SMILES string of the molecule is CC(C)(CCO)NC(=O)[C@@H](N)C(C)(C)C. The van der Waals surface area contributed by atoms with Crippen LogP contribution < -0.4 is 11.1 Å². The second-order valence-electron chi connectivity index (χ2n) is 5.69. The van der Waals surface area contributed by atoms with Gasteiger partial charge in [0, 0.05) is 12.1 Å². The van der Waals surface area contributed by atoms with E-state index in [9.17, 15) is 4.79 Å². The molecule has 90 valence electrons. The van der Waals surface area contributed by atoms with Crippen molar-refractivity contribution in [2.24, 2.45) is 11.1 Å². The molecular formula is C11H24N2O2. The van der Waals surface area contributed by atoms with Gasteiger partial charge in [-0.1, -0.05) is 20.8 Å². The van der Waals surface area contributed by atoms with Crippen LogP contribution in [-0.4, -0.2) is 29.2 Å². The van der Waals surface area contributed by atoms with Crippen molar-refractivity contribution in [3.8, 4) is 0 Å². The lowest BCUT2D eigenvalue weighted by Gasteiger charge is -2.31. The standard InChI is InChI=1S/C11H24N2O2/c1-10(2,3)8(12)9(15)13-11(4,5)6-7-14/h8,14H,6-7,12H2,1-5H3,(H,13,15)/t8-/m1/s1. The van der Waals surface area contributed by atoms with E-state index >= 15 is 0 Å². The van der Waals surface area contributed by atoms with Crippen LogP contribution in [0.4, 0.5) is 0 Å². The fourth-order valence-corrected chi connectivity index (χ4v) is 1.15. The van der Waals surface area contributed by atoms with E-state index in [-0.39, 0.29) is 17.9 Å². The van der Waals surface area contributed by atoms with Gasteiger partial charge >= 0.3 is 0 Å². The Balaban J connectivity index is 4.37. The molecule has 0 spiro atoms. The Hall–Kier alpha value is -0.610. The van der Waals surface area contributed by atoms with Gasteiger partial charge in [0.05, 0.1) is 6.04 Å². The molecule has 4 nitrogen and oxygen atoms in total. The van der Waals surface area contributed by atoms with Crippen LogP contribution in [0.2, 0.25) is 0 Å². The molecule has 0 aromatic rings. The first-order valence-electron chi connectivity index (χ1n) is 5.28. The molecule has 15 heavy (non-hydrogen) atoms. The molecule has 0 heterocycles. The largest absolute Gasteiger partial charge is 0.396 e. The van der Waals surface area contributed by atoms with Gasteiger partial charge in [-0.25, -0.2) is 0 Å². The summed E-state index contributed by atoms with van der Waals surface area (Å²) in [5.74, 6) is -0.166. The van der Waals surface area contributed by atoms with Crippen molar-refractivity contribution < 1.29 is 9.90 Å². The van der Waals surface area contributed by atoms with Gasteiger partial charge in [-0.15, -0.1) is 0 Å². The van der Waals surface area contributed by atoms with Gasteiger partial charge in [0.25, 0.3) is 0 Å². The molecule has 4 N–H and O–H groups in total. The predicted molar refractivity (Wildman–Crippen MR) is 61.4 cm³/mol. The topological polar surface area (TPSA) is 75.3 Å². The molecule has 0 saturated carbocycles. The maximum Gasteiger partial charge on any atom is 0.237 e. The van der Waals surface area contributed by atoms with Crippen LogP contribution in [0.15, 0.2) is 0 Å². The van der Waals surface area contributed by atoms with Crippen LogP contribution in [0.5, 0.6) is 0 Å². The molecule has 0 aromatic carbocycles. The second-order valence-corrected chi connectivity index (χ2v) is 5.69. The zero-order valence-corrected chi connectivity index (χ0v) is 10.4. The molecular weight excluding hydrogens is 192 g/mol. The highest BCUT2D eigenvalue weighted by Crippen LogP contribution is 2.18. The van der Waals surface area contributed by atoms with Gasteiger partial charge in [-0.2, -0.15) is 0 Å². The Kier molecular flexibility index (Phi) is 4.74. The summed E-state index contributed by atoms with van der Waals surface area (Å²) in [5.41, 5.74) is 5.16. The minimum absolute atomic E-state index is 0.0536. The van der Waals surface area contributed by atoms with Crippen molar-refractivity contribution in [2.45, 2.75) is 52.6 Å². The van der Waals surface area contributed by atoms with Crippen molar-refractivity contribution >= 4 is 5.91 Å². The van der Waals surface area contributed by atoms with Crippen molar-refractivity contribution in [2.75, 3.05) is 6.61 Å². The third kappa shape index (κ3) is 5.14. The highest BCUT2D eigenvalue weighted by atomic mass is 16.3. The fourth-order valence-electron chi connectivity index (χ4n) is 1.15. The molecule has 0 bridgehead atoms. The van der Waals surface area contributed by atoms with Crippen molar-refractivity contribution in [3.05, 3.63) is 0 Å². The lowest BCUT2D eigenvalue weighted by molar-refractivity contribution is -0.126. The van der Waals surface area contributed by atoms with Gasteiger partial charge in [0.15, 0.2) is 0 Å². The number of aliphatic hydroxyl groups is 1. The number of hydrogen-bond acceptors (Lipinski definition) is 3. The monoisotopic (exact) mass is 216 g/mol. The molecule has 0 saturated heterocycles. The molecule has 0 aliphatic rings. The lowest BCUT2D eigenvalue weighted by Crippen LogP contribution is -2.54. The molecule has 4 heteroatoms. The normalized spacial score (nSPS) is 14.9. The fraction of sp³-hybridized carbons (Fsp3) is 0.909. The Morgan fingerprint density at radius 3 is 2.13 bits per heavy atom. The van der Waals surface area contributed by atoms with E-state index in [0.29, 0.717) is 6.42 Å². The van der Waals surface area contributed by atoms with Crippen LogP contribution in [0.25, 0.3) is 0 Å². The average Bonchev–Trinajstić information content (AvgIpc) is 1.99. The molecule has 0 radical (unpaired) electrons. The first-order valence-corrected chi connectivity index (χ1v) is 5.28. The Labute approximate surface area is 92.2 Å². The summed E-state index contributed by atoms with van der Waals surface area (Å²) in [5, 5.41) is 11.7. The summed E-state index contributed by atoms with van der Waals surface area (Å²) >= 11 is 0. The Morgan fingerprint density at radius 2 is 1.80 bits per heavy atom. The first kappa shape index (κ1) is 14.4. The third-order valence-corrected chi connectivity index (χ3v) is 2.41. The average molecular weight is 216 g/mol. The summed E-state index contributed by atoms with van der Waals surface area (Å²) in [4.78, 5) is 11.8. The molecule has 1 atom stereocenters. The van der Waals surface area contributed by atoms with E-state index in [1.54, 1.807) is 0 Å². The van der Waals surface area contributed by atoms with Gasteiger partial charge in [0.1, 0.15) is 0 Å². The van der Waals surface area contributed by atoms with E-state index in [1.165, 1.54) is 0 Å². The molecule has 0 fully saturated rings. The quantitative estimate of drug-likeness (QED) is 0.645. The number of rotatable bonds is 4. The highest BCUT2D eigenvalue weighted by molar-refractivity contribution is 5.82. The summed E-state index contributed by atoms with van der Waals surface area (Å²) < 4.78 is 0. The number of aliphatic hydroxyl groups excluding tert-OH is 1. The Bertz CT molecular complexity index is 219. The van der Waals surface area contributed by atoms with Crippen molar-refractivity contribution in [1.29, 1.82) is 0 Å². The maximum atomic E-state index is 11.8. The van der Waals surface area contributed by atoms with Gasteiger partial charge < -0.3 is 16.2 Å². The van der Waals surface area contributed by atoms with Gasteiger partial charge in [-0.05, 0) is 25.7 Å². The highest BCUT2D eigenvalue weighted by Gasteiger charge is 2.30. The third-order valence-electron chi connectivity index (χ3n) is 2.41. The van der Waals surface area contributed by atoms with E-state index in [1.807, 2.05) is 34.6 Å². The zero-order chi connectivity index (χ0) is 12.3. The molecule has 0 aliphatic heterocycles. The van der Waals surface area contributed by atoms with Crippen molar-refractivity contribution in [1.82, 2.24) is 5.32 Å². The van der Waals surface area contributed by atoms with E-state index < -0.39 is 11.6 Å². The van der Waals surface area contributed by atoms with Crippen LogP contribution in [0.1, 0.15) is 41.0 Å². The lowest BCUT2D eigenvalue weighted by atomic mass is 9.86. The van der Waals surface area contributed by atoms with Crippen LogP contribution in [-0.2, 0) is 4.79 Å². The summed E-state index contributed by atoms with van der Waals surface area (Å²) in [6, 6.07) is -0.532. The maximum absolute atomic E-state index is 11.8. The van der Waals surface area contributed by atoms with E-state index in [2.05, 4.69) is 5.32 Å². The van der Waals surface area contributed by atoms with E-state index in [4.69, 9.17) is 10.8 Å². The molecule has 0 aromatic heterocycles. The summed E-state index contributed by atoms with van der Waals surface area (Å²) in [6.07, 6.45) is 0.523. The number of nitrogens with two attached hydrogens (primary N) is 1.